The van der Waals surface area contributed by atoms with Crippen molar-refractivity contribution in [3.8, 4) is 0 Å². The maximum absolute atomic E-state index is 11.7. The highest BCUT2D eigenvalue weighted by Gasteiger charge is 2.02. The number of rotatable bonds is 19. The molecule has 0 rings (SSSR count). The molecule has 0 unspecified atom stereocenters. The molecule has 0 heterocycles. The summed E-state index contributed by atoms with van der Waals surface area (Å²) in [5.41, 5.74) is 0. The third-order valence-electron chi connectivity index (χ3n) is 4.92. The molecule has 0 N–H and O–H groups in total. The van der Waals surface area contributed by atoms with E-state index < -0.39 is 0 Å². The van der Waals surface area contributed by atoms with Gasteiger partial charge in [0.25, 0.3) is 0 Å². The number of carbonyl (C=O) groups is 1. The van der Waals surface area contributed by atoms with Gasteiger partial charge in [-0.15, -0.1) is 0 Å². The quantitative estimate of drug-likeness (QED) is 0.174. The summed E-state index contributed by atoms with van der Waals surface area (Å²) in [6, 6.07) is 0. The first-order chi connectivity index (χ1) is 12.2. The predicted molar refractivity (Wildman–Crippen MR) is 110 cm³/mol. The topological polar surface area (TPSA) is 26.3 Å². The molecule has 2 heteroatoms. The van der Waals surface area contributed by atoms with Gasteiger partial charge in [0, 0.05) is 6.42 Å². The van der Waals surface area contributed by atoms with Gasteiger partial charge in [0.15, 0.2) is 0 Å². The van der Waals surface area contributed by atoms with Crippen LogP contribution in [0.25, 0.3) is 0 Å². The zero-order valence-electron chi connectivity index (χ0n) is 17.6. The summed E-state index contributed by atoms with van der Waals surface area (Å²) in [4.78, 5) is 11.7. The fraction of sp³-hybridized carbons (Fsp3) is 0.957. The number of unbranched alkanes of at least 4 members (excludes halogenated alkanes) is 13. The molecule has 0 spiro atoms. The van der Waals surface area contributed by atoms with Crippen LogP contribution in [0.15, 0.2) is 0 Å². The summed E-state index contributed by atoms with van der Waals surface area (Å²) < 4.78 is 5.32. The molecule has 0 saturated heterocycles. The van der Waals surface area contributed by atoms with E-state index in [0.29, 0.717) is 13.0 Å². The molecule has 2 nitrogen and oxygen atoms in total. The lowest BCUT2D eigenvalue weighted by Crippen LogP contribution is -2.05. The van der Waals surface area contributed by atoms with Crippen LogP contribution in [-0.2, 0) is 9.53 Å². The standard InChI is InChI=1S/C23H46O2/c1-4-5-6-7-12-15-18-21-25-23(24)20-17-14-11-9-8-10-13-16-19-22(2)3/h22H,4-21H2,1-3H3. The van der Waals surface area contributed by atoms with Crippen molar-refractivity contribution in [1.82, 2.24) is 0 Å². The summed E-state index contributed by atoms with van der Waals surface area (Å²) in [7, 11) is 0. The Morgan fingerprint density at radius 1 is 0.680 bits per heavy atom. The second kappa shape index (κ2) is 19.8. The number of carbonyl (C=O) groups excluding carboxylic acids is 1. The van der Waals surface area contributed by atoms with Crippen LogP contribution in [0.4, 0.5) is 0 Å². The number of esters is 1. The smallest absolute Gasteiger partial charge is 0.305 e. The Morgan fingerprint density at radius 3 is 1.72 bits per heavy atom. The molecule has 0 aliphatic carbocycles. The SMILES string of the molecule is CCCCCCCCCOC(=O)CCCCCCCCCCC(C)C. The van der Waals surface area contributed by atoms with E-state index in [4.69, 9.17) is 4.74 Å². The zero-order valence-corrected chi connectivity index (χ0v) is 17.6. The van der Waals surface area contributed by atoms with Crippen LogP contribution in [0, 0.1) is 5.92 Å². The second-order valence-corrected chi connectivity index (χ2v) is 8.10. The molecule has 0 aromatic rings. The van der Waals surface area contributed by atoms with E-state index in [-0.39, 0.29) is 5.97 Å². The average molecular weight is 355 g/mol. The van der Waals surface area contributed by atoms with Crippen LogP contribution in [0.1, 0.15) is 130 Å². The van der Waals surface area contributed by atoms with Crippen molar-refractivity contribution < 1.29 is 9.53 Å². The first-order valence-corrected chi connectivity index (χ1v) is 11.3. The van der Waals surface area contributed by atoms with Crippen molar-refractivity contribution >= 4 is 5.97 Å². The largest absolute Gasteiger partial charge is 0.466 e. The highest BCUT2D eigenvalue weighted by atomic mass is 16.5. The normalized spacial score (nSPS) is 11.2. The minimum absolute atomic E-state index is 0.0136. The van der Waals surface area contributed by atoms with Gasteiger partial charge in [0.2, 0.25) is 0 Å². The van der Waals surface area contributed by atoms with E-state index in [2.05, 4.69) is 20.8 Å². The molecule has 0 bridgehead atoms. The van der Waals surface area contributed by atoms with Crippen molar-refractivity contribution in [2.75, 3.05) is 6.61 Å². The van der Waals surface area contributed by atoms with Gasteiger partial charge < -0.3 is 4.74 Å². The Labute approximate surface area is 158 Å². The summed E-state index contributed by atoms with van der Waals surface area (Å²) in [6.07, 6.45) is 21.2. The summed E-state index contributed by atoms with van der Waals surface area (Å²) in [5.74, 6) is 0.866. The monoisotopic (exact) mass is 354 g/mol. The van der Waals surface area contributed by atoms with Gasteiger partial charge in [-0.1, -0.05) is 111 Å². The van der Waals surface area contributed by atoms with Gasteiger partial charge in [0.1, 0.15) is 0 Å². The predicted octanol–water partition coefficient (Wildman–Crippen LogP) is 7.84. The fourth-order valence-electron chi connectivity index (χ4n) is 3.20. The zero-order chi connectivity index (χ0) is 18.6. The van der Waals surface area contributed by atoms with Crippen LogP contribution in [0.2, 0.25) is 0 Å². The second-order valence-electron chi connectivity index (χ2n) is 8.10. The summed E-state index contributed by atoms with van der Waals surface area (Å²) in [6.45, 7) is 7.48. The van der Waals surface area contributed by atoms with E-state index in [0.717, 1.165) is 18.8 Å². The maximum atomic E-state index is 11.7. The molecule has 25 heavy (non-hydrogen) atoms. The fourth-order valence-corrected chi connectivity index (χ4v) is 3.20. The lowest BCUT2D eigenvalue weighted by molar-refractivity contribution is -0.143. The Morgan fingerprint density at radius 2 is 1.16 bits per heavy atom. The average Bonchev–Trinajstić information content (AvgIpc) is 2.58. The molecule has 0 radical (unpaired) electrons. The lowest BCUT2D eigenvalue weighted by Gasteiger charge is -2.06. The van der Waals surface area contributed by atoms with Gasteiger partial charge in [-0.05, 0) is 18.8 Å². The van der Waals surface area contributed by atoms with Gasteiger partial charge >= 0.3 is 5.97 Å². The first-order valence-electron chi connectivity index (χ1n) is 11.3. The van der Waals surface area contributed by atoms with Crippen molar-refractivity contribution in [3.63, 3.8) is 0 Å². The van der Waals surface area contributed by atoms with E-state index in [9.17, 15) is 4.79 Å². The van der Waals surface area contributed by atoms with Crippen molar-refractivity contribution in [2.45, 2.75) is 130 Å². The van der Waals surface area contributed by atoms with Crippen LogP contribution in [0.3, 0.4) is 0 Å². The maximum Gasteiger partial charge on any atom is 0.305 e. The van der Waals surface area contributed by atoms with E-state index >= 15 is 0 Å². The van der Waals surface area contributed by atoms with Gasteiger partial charge in [0.05, 0.1) is 6.61 Å². The Kier molecular flexibility index (Phi) is 19.4. The first kappa shape index (κ1) is 24.5. The molecule has 0 aromatic heterocycles. The summed E-state index contributed by atoms with van der Waals surface area (Å²) >= 11 is 0. The molecule has 0 aliphatic rings. The minimum Gasteiger partial charge on any atom is -0.466 e. The molecule has 0 aliphatic heterocycles. The van der Waals surface area contributed by atoms with Crippen LogP contribution >= 0.6 is 0 Å². The third-order valence-corrected chi connectivity index (χ3v) is 4.92. The van der Waals surface area contributed by atoms with E-state index in [1.807, 2.05) is 0 Å². The molecular formula is C23H46O2. The Balaban J connectivity index is 3.15. The van der Waals surface area contributed by atoms with Gasteiger partial charge in [-0.2, -0.15) is 0 Å². The van der Waals surface area contributed by atoms with Crippen molar-refractivity contribution in [1.29, 1.82) is 0 Å². The van der Waals surface area contributed by atoms with Crippen molar-refractivity contribution in [2.24, 2.45) is 5.92 Å². The lowest BCUT2D eigenvalue weighted by atomic mass is 10.0. The molecule has 0 aromatic carbocycles. The molecule has 0 atom stereocenters. The van der Waals surface area contributed by atoms with Crippen LogP contribution in [0.5, 0.6) is 0 Å². The molecule has 150 valence electrons. The molecule has 0 saturated carbocycles. The molecule has 0 amide bonds. The van der Waals surface area contributed by atoms with Gasteiger partial charge in [-0.25, -0.2) is 0 Å². The molecular weight excluding hydrogens is 308 g/mol. The van der Waals surface area contributed by atoms with Crippen molar-refractivity contribution in [3.05, 3.63) is 0 Å². The summed E-state index contributed by atoms with van der Waals surface area (Å²) in [5, 5.41) is 0. The van der Waals surface area contributed by atoms with Crippen LogP contribution < -0.4 is 0 Å². The third kappa shape index (κ3) is 21.4. The molecule has 0 fully saturated rings. The highest BCUT2D eigenvalue weighted by Crippen LogP contribution is 2.13. The van der Waals surface area contributed by atoms with Gasteiger partial charge in [-0.3, -0.25) is 4.79 Å². The minimum atomic E-state index is 0.0136. The Hall–Kier alpha value is -0.530. The number of hydrogen-bond acceptors (Lipinski definition) is 2. The van der Waals surface area contributed by atoms with Crippen LogP contribution in [-0.4, -0.2) is 12.6 Å². The van der Waals surface area contributed by atoms with E-state index in [1.54, 1.807) is 0 Å². The number of hydrogen-bond donors (Lipinski definition) is 0. The van der Waals surface area contributed by atoms with E-state index in [1.165, 1.54) is 89.9 Å². The highest BCUT2D eigenvalue weighted by molar-refractivity contribution is 5.69. The Bertz CT molecular complexity index is 273. The number of ether oxygens (including phenoxy) is 1.